The van der Waals surface area contributed by atoms with Crippen molar-refractivity contribution in [3.8, 4) is 16.8 Å². The quantitative estimate of drug-likeness (QED) is 0.192. The van der Waals surface area contributed by atoms with Crippen molar-refractivity contribution in [1.82, 2.24) is 9.88 Å². The summed E-state index contributed by atoms with van der Waals surface area (Å²) in [4.78, 5) is 10.0. The van der Waals surface area contributed by atoms with E-state index in [1.54, 1.807) is 0 Å². The number of para-hydroxylation sites is 2. The Bertz CT molecular complexity index is 3390. The molecular formula is C51H32N4O2. The van der Waals surface area contributed by atoms with Crippen molar-refractivity contribution >= 4 is 77.4 Å². The van der Waals surface area contributed by atoms with Gasteiger partial charge in [0.1, 0.15) is 34.3 Å². The summed E-state index contributed by atoms with van der Waals surface area (Å²) in [5, 5.41) is 10.4. The van der Waals surface area contributed by atoms with E-state index >= 15 is 0 Å². The number of furan rings is 2. The molecule has 268 valence electrons. The zero-order chi connectivity index (χ0) is 37.5. The Morgan fingerprint density at radius 2 is 0.982 bits per heavy atom. The summed E-state index contributed by atoms with van der Waals surface area (Å²) >= 11 is 0. The molecule has 6 heteroatoms. The van der Waals surface area contributed by atoms with Gasteiger partial charge in [-0.1, -0.05) is 115 Å². The number of nitrogens with zero attached hydrogens (tertiary/aromatic N) is 3. The zero-order valence-corrected chi connectivity index (χ0v) is 30.6. The first-order chi connectivity index (χ1) is 28.2. The van der Waals surface area contributed by atoms with Crippen molar-refractivity contribution in [1.29, 1.82) is 0 Å². The van der Waals surface area contributed by atoms with E-state index in [4.69, 9.17) is 18.8 Å². The topological polar surface area (TPSA) is 68.0 Å². The Labute approximate surface area is 326 Å². The van der Waals surface area contributed by atoms with Crippen LogP contribution in [0.2, 0.25) is 0 Å². The number of fused-ring (bicyclic) bond motifs is 9. The van der Waals surface area contributed by atoms with Gasteiger partial charge in [0.15, 0.2) is 5.84 Å². The fourth-order valence-electron chi connectivity index (χ4n) is 8.51. The van der Waals surface area contributed by atoms with E-state index in [1.165, 1.54) is 21.8 Å². The summed E-state index contributed by atoms with van der Waals surface area (Å²) < 4.78 is 15.4. The van der Waals surface area contributed by atoms with Crippen LogP contribution in [0.1, 0.15) is 22.9 Å². The summed E-state index contributed by atoms with van der Waals surface area (Å²) in [6.45, 7) is 0. The Hall–Kier alpha value is -7.70. The van der Waals surface area contributed by atoms with E-state index in [-0.39, 0.29) is 6.17 Å². The van der Waals surface area contributed by atoms with Gasteiger partial charge in [0.25, 0.3) is 0 Å². The van der Waals surface area contributed by atoms with Gasteiger partial charge in [-0.3, -0.25) is 0 Å². The summed E-state index contributed by atoms with van der Waals surface area (Å²) in [5.41, 5.74) is 11.9. The van der Waals surface area contributed by atoms with Crippen LogP contribution in [0.3, 0.4) is 0 Å². The Balaban J connectivity index is 0.898. The molecular weight excluding hydrogens is 701 g/mol. The highest BCUT2D eigenvalue weighted by molar-refractivity contribution is 6.14. The van der Waals surface area contributed by atoms with Crippen LogP contribution in [-0.2, 0) is 0 Å². The van der Waals surface area contributed by atoms with Gasteiger partial charge in [-0.2, -0.15) is 0 Å². The second kappa shape index (κ2) is 12.4. The van der Waals surface area contributed by atoms with Crippen LogP contribution in [-0.4, -0.2) is 16.2 Å². The van der Waals surface area contributed by atoms with E-state index in [2.05, 4.69) is 137 Å². The van der Waals surface area contributed by atoms with Crippen LogP contribution in [0.15, 0.2) is 201 Å². The van der Waals surface area contributed by atoms with Crippen LogP contribution in [0.4, 0.5) is 0 Å². The molecule has 0 aliphatic carbocycles. The third-order valence-electron chi connectivity index (χ3n) is 11.3. The van der Waals surface area contributed by atoms with Crippen molar-refractivity contribution in [2.24, 2.45) is 9.98 Å². The van der Waals surface area contributed by atoms with Gasteiger partial charge in [0.05, 0.1) is 11.0 Å². The largest absolute Gasteiger partial charge is 0.456 e. The molecule has 0 saturated carbocycles. The highest BCUT2D eigenvalue weighted by Gasteiger charge is 2.22. The maximum absolute atomic E-state index is 6.59. The number of hydrogen-bond donors (Lipinski definition) is 1. The molecule has 11 aromatic rings. The number of aromatic nitrogens is 1. The molecule has 6 nitrogen and oxygen atoms in total. The lowest BCUT2D eigenvalue weighted by atomic mass is 10.0. The van der Waals surface area contributed by atoms with Crippen molar-refractivity contribution < 1.29 is 8.83 Å². The van der Waals surface area contributed by atoms with E-state index in [9.17, 15) is 0 Å². The third kappa shape index (κ3) is 5.11. The lowest BCUT2D eigenvalue weighted by Crippen LogP contribution is -2.33. The van der Waals surface area contributed by atoms with Crippen molar-refractivity contribution in [3.63, 3.8) is 0 Å². The fourth-order valence-corrected chi connectivity index (χ4v) is 8.51. The van der Waals surface area contributed by atoms with Gasteiger partial charge < -0.3 is 18.7 Å². The molecule has 3 aromatic heterocycles. The van der Waals surface area contributed by atoms with Crippen molar-refractivity contribution in [2.45, 2.75) is 6.17 Å². The molecule has 1 aliphatic heterocycles. The predicted molar refractivity (Wildman–Crippen MR) is 233 cm³/mol. The van der Waals surface area contributed by atoms with E-state index in [1.807, 2.05) is 54.6 Å². The molecule has 0 bridgehead atoms. The average Bonchev–Trinajstić information content (AvgIpc) is 3.95. The monoisotopic (exact) mass is 732 g/mol. The SMILES string of the molecule is c1ccc(C2=NC(c3ccc4oc5cc(-c6ccc7c(c6)oc6cc(-n8c9ccccc9c9ccccc98)ccc67)ccc5c4c3)NC(c3ccccc3)=N2)cc1. The average molecular weight is 733 g/mol. The fraction of sp³-hybridized carbons (Fsp3) is 0.0196. The Morgan fingerprint density at radius 1 is 0.421 bits per heavy atom. The Morgan fingerprint density at radius 3 is 1.67 bits per heavy atom. The summed E-state index contributed by atoms with van der Waals surface area (Å²) in [5.74, 6) is 1.49. The molecule has 0 saturated heterocycles. The molecule has 0 radical (unpaired) electrons. The van der Waals surface area contributed by atoms with E-state index in [0.29, 0.717) is 5.84 Å². The smallest absolute Gasteiger partial charge is 0.159 e. The van der Waals surface area contributed by atoms with Crippen molar-refractivity contribution in [2.75, 3.05) is 0 Å². The standard InChI is InChI=1S/C51H32N4O2/c1-3-11-31(12-4-1)49-52-50(32-13-5-2-6-14-32)54-51(53-49)35-21-26-45-42(27-35)41-24-20-34(29-47(41)56-45)33-19-23-39-40-25-22-36(30-48(40)57-46(39)28-33)55-43-17-9-7-15-37(43)38-16-8-10-18-44(38)55/h1-30,51H,(H,52,53,54). The lowest BCUT2D eigenvalue weighted by molar-refractivity contribution is 0.663. The van der Waals surface area contributed by atoms with Gasteiger partial charge in [0, 0.05) is 55.2 Å². The third-order valence-corrected chi connectivity index (χ3v) is 11.3. The van der Waals surface area contributed by atoms with Crippen LogP contribution >= 0.6 is 0 Å². The highest BCUT2D eigenvalue weighted by atomic mass is 16.3. The number of nitrogens with one attached hydrogen (secondary N) is 1. The van der Waals surface area contributed by atoms with Crippen LogP contribution in [0.5, 0.6) is 0 Å². The normalized spacial score (nSPS) is 14.5. The van der Waals surface area contributed by atoms with Crippen molar-refractivity contribution in [3.05, 3.63) is 199 Å². The second-order valence-electron chi connectivity index (χ2n) is 14.6. The molecule has 1 aliphatic rings. The summed E-state index contributed by atoms with van der Waals surface area (Å²) in [7, 11) is 0. The predicted octanol–water partition coefficient (Wildman–Crippen LogP) is 12.7. The second-order valence-corrected chi connectivity index (χ2v) is 14.6. The lowest BCUT2D eigenvalue weighted by Gasteiger charge is -2.23. The minimum absolute atomic E-state index is 0.324. The number of rotatable bonds is 5. The van der Waals surface area contributed by atoms with Crippen LogP contribution in [0, 0.1) is 0 Å². The highest BCUT2D eigenvalue weighted by Crippen LogP contribution is 2.38. The summed E-state index contributed by atoms with van der Waals surface area (Å²) in [6.07, 6.45) is -0.324. The van der Waals surface area contributed by atoms with Gasteiger partial charge in [-0.15, -0.1) is 0 Å². The zero-order valence-electron chi connectivity index (χ0n) is 30.6. The first kappa shape index (κ1) is 31.6. The molecule has 12 rings (SSSR count). The van der Waals surface area contributed by atoms with Crippen LogP contribution < -0.4 is 5.32 Å². The van der Waals surface area contributed by atoms with Gasteiger partial charge in [-0.25, -0.2) is 9.98 Å². The molecule has 1 N–H and O–H groups in total. The Kier molecular flexibility index (Phi) is 6.89. The van der Waals surface area contributed by atoms with E-state index < -0.39 is 0 Å². The molecule has 57 heavy (non-hydrogen) atoms. The van der Waals surface area contributed by atoms with Gasteiger partial charge >= 0.3 is 0 Å². The maximum atomic E-state index is 6.59. The molecule has 8 aromatic carbocycles. The summed E-state index contributed by atoms with van der Waals surface area (Å²) in [6, 6.07) is 63.3. The number of amidine groups is 2. The minimum atomic E-state index is -0.324. The molecule has 4 heterocycles. The number of benzene rings is 8. The van der Waals surface area contributed by atoms with Gasteiger partial charge in [-0.05, 0) is 77.4 Å². The molecule has 1 unspecified atom stereocenters. The first-order valence-corrected chi connectivity index (χ1v) is 19.2. The minimum Gasteiger partial charge on any atom is -0.456 e. The van der Waals surface area contributed by atoms with Gasteiger partial charge in [0.2, 0.25) is 0 Å². The number of hydrogen-bond acceptors (Lipinski definition) is 5. The maximum Gasteiger partial charge on any atom is 0.159 e. The first-order valence-electron chi connectivity index (χ1n) is 19.2. The van der Waals surface area contributed by atoms with E-state index in [0.717, 1.165) is 83.2 Å². The molecule has 0 amide bonds. The van der Waals surface area contributed by atoms with Crippen LogP contribution in [0.25, 0.3) is 82.5 Å². The molecule has 0 fully saturated rings. The number of aliphatic imine (C=N–C) groups is 2. The molecule has 0 spiro atoms. The molecule has 1 atom stereocenters.